The highest BCUT2D eigenvalue weighted by Gasteiger charge is 2.39. The van der Waals surface area contributed by atoms with Crippen LogP contribution in [0.1, 0.15) is 21.6 Å². The highest BCUT2D eigenvalue weighted by atomic mass is 19.1. The Balaban J connectivity index is 1.38. The number of fused-ring (bicyclic) bond motifs is 2. The third-order valence-corrected chi connectivity index (χ3v) is 6.98. The zero-order valence-corrected chi connectivity index (χ0v) is 20.0. The predicted octanol–water partition coefficient (Wildman–Crippen LogP) is 4.26. The Morgan fingerprint density at radius 3 is 2.70 bits per heavy atom. The second-order valence-electron chi connectivity index (χ2n) is 9.27. The lowest BCUT2D eigenvalue weighted by molar-refractivity contribution is 0.0617. The maximum absolute atomic E-state index is 14.9. The molecule has 6 rings (SSSR count). The lowest BCUT2D eigenvalue weighted by atomic mass is 9.96. The second-order valence-corrected chi connectivity index (χ2v) is 9.27. The number of aromatic nitrogens is 2. The van der Waals surface area contributed by atoms with Crippen molar-refractivity contribution < 1.29 is 18.7 Å². The largest absolute Gasteiger partial charge is 0.447 e. The van der Waals surface area contributed by atoms with Gasteiger partial charge in [-0.3, -0.25) is 14.1 Å². The summed E-state index contributed by atoms with van der Waals surface area (Å²) in [6.45, 7) is 3.34. The van der Waals surface area contributed by atoms with Gasteiger partial charge in [-0.25, -0.2) is 14.2 Å². The third kappa shape index (κ3) is 3.78. The summed E-state index contributed by atoms with van der Waals surface area (Å²) in [5, 5.41) is 10.0. The zero-order chi connectivity index (χ0) is 25.7. The van der Waals surface area contributed by atoms with E-state index in [1.54, 1.807) is 44.7 Å². The molecule has 0 spiro atoms. The van der Waals surface area contributed by atoms with Crippen LogP contribution in [0.3, 0.4) is 0 Å². The maximum Gasteiger partial charge on any atom is 0.410 e. The average molecular weight is 496 g/mol. The van der Waals surface area contributed by atoms with Crippen molar-refractivity contribution in [1.82, 2.24) is 19.2 Å². The van der Waals surface area contributed by atoms with Gasteiger partial charge in [0.15, 0.2) is 5.69 Å². The lowest BCUT2D eigenvalue weighted by Crippen LogP contribution is -2.53. The molecule has 37 heavy (non-hydrogen) atoms. The summed E-state index contributed by atoms with van der Waals surface area (Å²) < 4.78 is 21.6. The Kier molecular flexibility index (Phi) is 5.37. The van der Waals surface area contributed by atoms with Gasteiger partial charge in [0.25, 0.3) is 5.91 Å². The van der Waals surface area contributed by atoms with Gasteiger partial charge in [-0.2, -0.15) is 5.26 Å². The van der Waals surface area contributed by atoms with Crippen LogP contribution in [-0.4, -0.2) is 63.5 Å². The van der Waals surface area contributed by atoms with Crippen LogP contribution < -0.4 is 0 Å². The van der Waals surface area contributed by atoms with Crippen LogP contribution in [0.4, 0.5) is 9.18 Å². The molecule has 2 aliphatic rings. The number of carbonyl (C=O) groups excluding carboxylic acids is 2. The molecule has 2 fully saturated rings. The molecule has 2 amide bonds. The molecule has 2 aliphatic heterocycles. The molecule has 9 heteroatoms. The fourth-order valence-corrected chi connectivity index (χ4v) is 5.09. The molecular weight excluding hydrogens is 473 g/mol. The standard InChI is InChI=1S/C28H22FN5O3/c1-17-6-7-21(23(29)12-17)20-4-2-3-5-22(20)26-24(14-30)34-9-8-18(13-25(34)31-26)27(35)32-10-11-33-19(15-32)16-37-28(33)36/h2-9,12-13,19H,10-11,15-16H2,1H3. The van der Waals surface area contributed by atoms with Gasteiger partial charge in [0.2, 0.25) is 0 Å². The molecule has 2 aromatic heterocycles. The van der Waals surface area contributed by atoms with E-state index in [0.717, 1.165) is 5.56 Å². The Bertz CT molecular complexity index is 1620. The Morgan fingerprint density at radius 1 is 1.11 bits per heavy atom. The predicted molar refractivity (Wildman–Crippen MR) is 133 cm³/mol. The minimum atomic E-state index is -0.350. The highest BCUT2D eigenvalue weighted by Crippen LogP contribution is 2.35. The van der Waals surface area contributed by atoms with E-state index in [2.05, 4.69) is 6.07 Å². The summed E-state index contributed by atoms with van der Waals surface area (Å²) in [5.41, 5.74) is 4.07. The van der Waals surface area contributed by atoms with Crippen molar-refractivity contribution in [3.8, 4) is 28.5 Å². The van der Waals surface area contributed by atoms with Crippen LogP contribution in [-0.2, 0) is 4.74 Å². The number of amides is 2. The maximum atomic E-state index is 14.9. The molecule has 1 atom stereocenters. The molecule has 2 aromatic carbocycles. The first kappa shape index (κ1) is 22.7. The van der Waals surface area contributed by atoms with Crippen LogP contribution in [0.25, 0.3) is 28.0 Å². The van der Waals surface area contributed by atoms with Gasteiger partial charge < -0.3 is 9.64 Å². The first-order chi connectivity index (χ1) is 17.9. The molecule has 8 nitrogen and oxygen atoms in total. The molecule has 184 valence electrons. The molecule has 2 saturated heterocycles. The summed E-state index contributed by atoms with van der Waals surface area (Å²) in [4.78, 5) is 33.1. The number of rotatable bonds is 3. The fraction of sp³-hybridized carbons (Fsp3) is 0.214. The molecule has 4 heterocycles. The van der Waals surface area contributed by atoms with E-state index in [4.69, 9.17) is 9.72 Å². The van der Waals surface area contributed by atoms with Gasteiger partial charge in [0.05, 0.1) is 6.04 Å². The summed E-state index contributed by atoms with van der Waals surface area (Å²) >= 11 is 0. The molecule has 1 unspecified atom stereocenters. The number of pyridine rings is 1. The molecule has 0 radical (unpaired) electrons. The first-order valence-corrected chi connectivity index (χ1v) is 12.0. The molecule has 0 aliphatic carbocycles. The van der Waals surface area contributed by atoms with Crippen LogP contribution in [0.15, 0.2) is 60.8 Å². The number of imidazole rings is 1. The van der Waals surface area contributed by atoms with Crippen LogP contribution >= 0.6 is 0 Å². The number of cyclic esters (lactones) is 1. The number of piperazine rings is 1. The van der Waals surface area contributed by atoms with Crippen molar-refractivity contribution >= 4 is 17.6 Å². The third-order valence-electron chi connectivity index (χ3n) is 6.98. The van der Waals surface area contributed by atoms with Crippen molar-refractivity contribution in [1.29, 1.82) is 5.26 Å². The van der Waals surface area contributed by atoms with Crippen molar-refractivity contribution in [3.05, 3.63) is 83.4 Å². The summed E-state index contributed by atoms with van der Waals surface area (Å²) in [6, 6.07) is 17.7. The van der Waals surface area contributed by atoms with Crippen LogP contribution in [0.5, 0.6) is 0 Å². The van der Waals surface area contributed by atoms with Crippen molar-refractivity contribution in [3.63, 3.8) is 0 Å². The lowest BCUT2D eigenvalue weighted by Gasteiger charge is -2.35. The molecule has 0 saturated carbocycles. The van der Waals surface area contributed by atoms with Crippen molar-refractivity contribution in [2.24, 2.45) is 0 Å². The number of carbonyl (C=O) groups is 2. The minimum absolute atomic E-state index is 0.143. The number of nitriles is 1. The van der Waals surface area contributed by atoms with E-state index in [1.165, 1.54) is 6.07 Å². The Hall–Kier alpha value is -4.71. The van der Waals surface area contributed by atoms with Gasteiger partial charge in [0.1, 0.15) is 29.8 Å². The van der Waals surface area contributed by atoms with Gasteiger partial charge in [-0.1, -0.05) is 36.4 Å². The van der Waals surface area contributed by atoms with E-state index in [0.29, 0.717) is 58.9 Å². The van der Waals surface area contributed by atoms with E-state index < -0.39 is 0 Å². The Labute approximate surface area is 212 Å². The van der Waals surface area contributed by atoms with Crippen LogP contribution in [0.2, 0.25) is 0 Å². The van der Waals surface area contributed by atoms with Gasteiger partial charge >= 0.3 is 6.09 Å². The minimum Gasteiger partial charge on any atom is -0.447 e. The van der Waals surface area contributed by atoms with Crippen molar-refractivity contribution in [2.45, 2.75) is 13.0 Å². The highest BCUT2D eigenvalue weighted by molar-refractivity contribution is 5.95. The van der Waals surface area contributed by atoms with E-state index in [9.17, 15) is 19.2 Å². The summed E-state index contributed by atoms with van der Waals surface area (Å²) in [5.74, 6) is -0.524. The summed E-state index contributed by atoms with van der Waals surface area (Å²) in [6.07, 6.45) is 1.32. The topological polar surface area (TPSA) is 90.9 Å². The number of benzene rings is 2. The quantitative estimate of drug-likeness (QED) is 0.424. The molecule has 4 aromatic rings. The molecule has 0 bridgehead atoms. The molecule has 0 N–H and O–H groups in total. The fourth-order valence-electron chi connectivity index (χ4n) is 5.09. The number of nitrogens with zero attached hydrogens (tertiary/aromatic N) is 5. The number of hydrogen-bond acceptors (Lipinski definition) is 5. The number of ether oxygens (including phenoxy) is 1. The SMILES string of the molecule is Cc1ccc(-c2ccccc2-c2nc3cc(C(=O)N4CCN5C(=O)OCC5C4)ccn3c2C#N)c(F)c1. The molecular formula is C28H22FN5O3. The van der Waals surface area contributed by atoms with Gasteiger partial charge in [0, 0.05) is 42.5 Å². The number of aryl methyl sites for hydroxylation is 1. The van der Waals surface area contributed by atoms with E-state index in [1.807, 2.05) is 31.2 Å². The van der Waals surface area contributed by atoms with E-state index in [-0.39, 0.29) is 30.5 Å². The first-order valence-electron chi connectivity index (χ1n) is 12.0. The second kappa shape index (κ2) is 8.75. The van der Waals surface area contributed by atoms with Crippen molar-refractivity contribution in [2.75, 3.05) is 26.2 Å². The Morgan fingerprint density at radius 2 is 1.92 bits per heavy atom. The summed E-state index contributed by atoms with van der Waals surface area (Å²) in [7, 11) is 0. The number of halogens is 1. The number of hydrogen-bond donors (Lipinski definition) is 0. The van der Waals surface area contributed by atoms with Crippen LogP contribution in [0, 0.1) is 24.1 Å². The normalized spacial score (nSPS) is 17.0. The van der Waals surface area contributed by atoms with Gasteiger partial charge in [-0.05, 0) is 36.2 Å². The average Bonchev–Trinajstić information content (AvgIpc) is 3.47. The van der Waals surface area contributed by atoms with E-state index >= 15 is 0 Å². The van der Waals surface area contributed by atoms with Gasteiger partial charge in [-0.15, -0.1) is 0 Å². The monoisotopic (exact) mass is 495 g/mol. The smallest absolute Gasteiger partial charge is 0.410 e. The zero-order valence-electron chi connectivity index (χ0n) is 20.0.